The second kappa shape index (κ2) is 8.36. The minimum absolute atomic E-state index is 0.129. The van der Waals surface area contributed by atoms with Gasteiger partial charge in [-0.05, 0) is 24.6 Å². The van der Waals surface area contributed by atoms with Gasteiger partial charge in [-0.2, -0.15) is 0 Å². The Morgan fingerprint density at radius 2 is 1.97 bits per heavy atom. The number of rotatable bonds is 6. The Bertz CT molecular complexity index is 1190. The van der Waals surface area contributed by atoms with Crippen LogP contribution in [0, 0.1) is 0 Å². The van der Waals surface area contributed by atoms with E-state index in [-0.39, 0.29) is 18.3 Å². The normalized spacial score (nSPS) is 12.3. The molecule has 0 aliphatic carbocycles. The summed E-state index contributed by atoms with van der Waals surface area (Å²) in [5.74, 6) is -0.0670. The summed E-state index contributed by atoms with van der Waals surface area (Å²) >= 11 is 3.46. The van der Waals surface area contributed by atoms with Crippen molar-refractivity contribution < 1.29 is 9.53 Å². The zero-order valence-electron chi connectivity index (χ0n) is 16.8. The van der Waals surface area contributed by atoms with Crippen molar-refractivity contribution in [3.8, 4) is 0 Å². The van der Waals surface area contributed by atoms with Crippen molar-refractivity contribution in [2.24, 2.45) is 14.1 Å². The molecule has 0 saturated heterocycles. The third-order valence-corrected chi connectivity index (χ3v) is 5.32. The van der Waals surface area contributed by atoms with Gasteiger partial charge >= 0.3 is 11.7 Å². The number of carbonyl (C=O) groups excluding carboxylic acids is 1. The Morgan fingerprint density at radius 1 is 1.24 bits per heavy atom. The van der Waals surface area contributed by atoms with Crippen molar-refractivity contribution >= 4 is 33.1 Å². The first kappa shape index (κ1) is 21.0. The monoisotopic (exact) mass is 462 g/mol. The van der Waals surface area contributed by atoms with E-state index in [2.05, 4.69) is 20.9 Å². The number of imidazole rings is 1. The van der Waals surface area contributed by atoms with E-state index in [1.807, 2.05) is 31.2 Å². The Hall–Kier alpha value is -2.68. The lowest BCUT2D eigenvalue weighted by Gasteiger charge is -2.14. The smallest absolute Gasteiger partial charge is 0.332 e. The highest BCUT2D eigenvalue weighted by atomic mass is 79.9. The van der Waals surface area contributed by atoms with E-state index in [4.69, 9.17) is 4.74 Å². The number of nitrogens with zero attached hydrogens (tertiary/aromatic N) is 4. The Kier molecular flexibility index (Phi) is 6.07. The number of benzene rings is 1. The van der Waals surface area contributed by atoms with Gasteiger partial charge in [0.1, 0.15) is 5.82 Å². The maximum absolute atomic E-state index is 12.9. The molecule has 9 heteroatoms. The number of aromatic nitrogens is 4. The van der Waals surface area contributed by atoms with Crippen molar-refractivity contribution in [3.63, 3.8) is 0 Å². The van der Waals surface area contributed by atoms with Gasteiger partial charge in [-0.3, -0.25) is 18.7 Å². The fourth-order valence-electron chi connectivity index (χ4n) is 3.38. The zero-order chi connectivity index (χ0) is 21.3. The highest BCUT2D eigenvalue weighted by molar-refractivity contribution is 9.10. The highest BCUT2D eigenvalue weighted by Crippen LogP contribution is 2.24. The number of aryl methyl sites for hydroxylation is 1. The van der Waals surface area contributed by atoms with Crippen molar-refractivity contribution in [1.82, 2.24) is 18.7 Å². The molecule has 0 radical (unpaired) electrons. The van der Waals surface area contributed by atoms with Gasteiger partial charge in [0, 0.05) is 31.0 Å². The van der Waals surface area contributed by atoms with E-state index in [1.54, 1.807) is 18.5 Å². The molecule has 1 aromatic carbocycles. The van der Waals surface area contributed by atoms with Crippen molar-refractivity contribution in [2.75, 3.05) is 6.61 Å². The SMILES string of the molecule is CCOC(=O)CC(C)c1nc2c(c(=O)n(C)c(=O)n2C)n1Cc1cccc(Br)c1. The Morgan fingerprint density at radius 3 is 2.62 bits per heavy atom. The molecular weight excluding hydrogens is 440 g/mol. The quantitative estimate of drug-likeness (QED) is 0.524. The molecule has 2 heterocycles. The van der Waals surface area contributed by atoms with Crippen LogP contribution in [0.4, 0.5) is 0 Å². The first-order valence-electron chi connectivity index (χ1n) is 9.30. The summed E-state index contributed by atoms with van der Waals surface area (Å²) in [7, 11) is 3.03. The third-order valence-electron chi connectivity index (χ3n) is 4.83. The molecule has 1 atom stereocenters. The van der Waals surface area contributed by atoms with Crippen LogP contribution in [-0.4, -0.2) is 31.3 Å². The van der Waals surface area contributed by atoms with Crippen molar-refractivity contribution in [1.29, 1.82) is 0 Å². The van der Waals surface area contributed by atoms with Gasteiger partial charge in [-0.25, -0.2) is 9.78 Å². The number of hydrogen-bond acceptors (Lipinski definition) is 5. The van der Waals surface area contributed by atoms with Crippen LogP contribution in [0.2, 0.25) is 0 Å². The van der Waals surface area contributed by atoms with Crippen molar-refractivity contribution in [2.45, 2.75) is 32.7 Å². The second-order valence-electron chi connectivity index (χ2n) is 6.97. The van der Waals surface area contributed by atoms with Gasteiger partial charge in [-0.15, -0.1) is 0 Å². The van der Waals surface area contributed by atoms with Crippen LogP contribution in [0.15, 0.2) is 38.3 Å². The molecule has 3 rings (SSSR count). The van der Waals surface area contributed by atoms with Crippen LogP contribution in [0.5, 0.6) is 0 Å². The molecule has 0 saturated carbocycles. The van der Waals surface area contributed by atoms with Crippen LogP contribution in [-0.2, 0) is 30.2 Å². The van der Waals surface area contributed by atoms with E-state index in [0.29, 0.717) is 30.1 Å². The molecule has 154 valence electrons. The molecule has 3 aromatic rings. The van der Waals surface area contributed by atoms with Crippen LogP contribution in [0.3, 0.4) is 0 Å². The molecule has 29 heavy (non-hydrogen) atoms. The minimum atomic E-state index is -0.445. The lowest BCUT2D eigenvalue weighted by Crippen LogP contribution is -2.37. The molecule has 0 spiro atoms. The number of ether oxygens (including phenoxy) is 1. The van der Waals surface area contributed by atoms with Gasteiger partial charge in [0.2, 0.25) is 0 Å². The first-order valence-corrected chi connectivity index (χ1v) is 10.1. The fraction of sp³-hybridized carbons (Fsp3) is 0.400. The number of hydrogen-bond donors (Lipinski definition) is 0. The maximum Gasteiger partial charge on any atom is 0.332 e. The largest absolute Gasteiger partial charge is 0.466 e. The number of fused-ring (bicyclic) bond motifs is 1. The molecule has 0 fully saturated rings. The molecular formula is C20H23BrN4O4. The van der Waals surface area contributed by atoms with E-state index in [0.717, 1.165) is 14.6 Å². The lowest BCUT2D eigenvalue weighted by atomic mass is 10.1. The summed E-state index contributed by atoms with van der Waals surface area (Å²) in [4.78, 5) is 41.9. The average molecular weight is 463 g/mol. The van der Waals surface area contributed by atoms with Gasteiger partial charge in [0.05, 0.1) is 13.0 Å². The summed E-state index contributed by atoms with van der Waals surface area (Å²) in [6.07, 6.45) is 0.129. The molecule has 0 aliphatic rings. The second-order valence-corrected chi connectivity index (χ2v) is 7.89. The summed E-state index contributed by atoms with van der Waals surface area (Å²) in [6.45, 7) is 4.30. The number of carbonyl (C=O) groups is 1. The molecule has 8 nitrogen and oxygen atoms in total. The topological polar surface area (TPSA) is 88.1 Å². The van der Waals surface area contributed by atoms with E-state index in [1.165, 1.54) is 11.6 Å². The van der Waals surface area contributed by atoms with Gasteiger partial charge in [0.25, 0.3) is 5.56 Å². The zero-order valence-corrected chi connectivity index (χ0v) is 18.4. The van der Waals surface area contributed by atoms with Gasteiger partial charge in [-0.1, -0.05) is 35.0 Å². The minimum Gasteiger partial charge on any atom is -0.466 e. The highest BCUT2D eigenvalue weighted by Gasteiger charge is 2.24. The maximum atomic E-state index is 12.9. The molecule has 1 unspecified atom stereocenters. The Labute approximate surface area is 175 Å². The summed E-state index contributed by atoms with van der Waals surface area (Å²) in [6, 6.07) is 7.73. The molecule has 0 amide bonds. The fourth-order valence-corrected chi connectivity index (χ4v) is 3.83. The molecule has 0 aliphatic heterocycles. The third kappa shape index (κ3) is 4.05. The Balaban J connectivity index is 2.22. The first-order chi connectivity index (χ1) is 13.7. The summed E-state index contributed by atoms with van der Waals surface area (Å²) in [5, 5.41) is 0. The standard InChI is InChI=1S/C20H23BrN4O4/c1-5-29-15(26)9-12(2)17-22-18-16(19(27)24(4)20(28)23(18)3)25(17)11-13-7-6-8-14(21)10-13/h6-8,10,12H,5,9,11H2,1-4H3. The van der Waals surface area contributed by atoms with E-state index < -0.39 is 11.2 Å². The number of esters is 1. The van der Waals surface area contributed by atoms with Crippen LogP contribution in [0.25, 0.3) is 11.2 Å². The van der Waals surface area contributed by atoms with E-state index in [9.17, 15) is 14.4 Å². The number of halogens is 1. The lowest BCUT2D eigenvalue weighted by molar-refractivity contribution is -0.143. The van der Waals surface area contributed by atoms with Crippen molar-refractivity contribution in [3.05, 3.63) is 61.0 Å². The van der Waals surface area contributed by atoms with Crippen LogP contribution >= 0.6 is 15.9 Å². The molecule has 0 N–H and O–H groups in total. The predicted octanol–water partition coefficient (Wildman–Crippen LogP) is 2.30. The molecule has 2 aromatic heterocycles. The molecule has 0 bridgehead atoms. The average Bonchev–Trinajstić information content (AvgIpc) is 3.04. The summed E-state index contributed by atoms with van der Waals surface area (Å²) < 4.78 is 10.2. The van der Waals surface area contributed by atoms with Crippen LogP contribution < -0.4 is 11.2 Å². The van der Waals surface area contributed by atoms with Gasteiger partial charge in [0.15, 0.2) is 11.2 Å². The van der Waals surface area contributed by atoms with E-state index >= 15 is 0 Å². The van der Waals surface area contributed by atoms with Crippen LogP contribution in [0.1, 0.15) is 37.6 Å². The van der Waals surface area contributed by atoms with Gasteiger partial charge < -0.3 is 9.30 Å². The summed E-state index contributed by atoms with van der Waals surface area (Å²) in [5.41, 5.74) is 0.734. The predicted molar refractivity (Wildman–Crippen MR) is 113 cm³/mol.